The first-order valence-corrected chi connectivity index (χ1v) is 9.06. The zero-order valence-electron chi connectivity index (χ0n) is 15.7. The number of benzene rings is 2. The van der Waals surface area contributed by atoms with Gasteiger partial charge in [-0.3, -0.25) is 9.59 Å². The Morgan fingerprint density at radius 2 is 1.83 bits per heavy atom. The maximum Gasteiger partial charge on any atom is 0.379 e. The van der Waals surface area contributed by atoms with Gasteiger partial charge in [-0.05, 0) is 66.6 Å². The van der Waals surface area contributed by atoms with Crippen molar-refractivity contribution >= 4 is 41.3 Å². The molecule has 2 aromatic carbocycles. The van der Waals surface area contributed by atoms with Crippen molar-refractivity contribution in [3.63, 3.8) is 0 Å². The highest BCUT2D eigenvalue weighted by atomic mass is 35.5. The highest BCUT2D eigenvalue weighted by molar-refractivity contribution is 6.39. The molecule has 2 N–H and O–H groups in total. The van der Waals surface area contributed by atoms with Gasteiger partial charge in [-0.25, -0.2) is 10.2 Å². The molecule has 152 valence electrons. The lowest BCUT2D eigenvalue weighted by Crippen LogP contribution is -2.32. The number of carbonyl (C=O) groups excluding carboxylic acids is 3. The maximum atomic E-state index is 11.9. The van der Waals surface area contributed by atoms with Gasteiger partial charge in [0.2, 0.25) is 5.76 Å². The second-order valence-corrected chi connectivity index (χ2v) is 6.46. The van der Waals surface area contributed by atoms with Gasteiger partial charge in [0.05, 0.1) is 12.5 Å². The molecule has 3 aromatic rings. The van der Waals surface area contributed by atoms with E-state index in [1.165, 1.54) is 18.5 Å². The molecule has 0 aliphatic carbocycles. The third kappa shape index (κ3) is 5.55. The van der Waals surface area contributed by atoms with Crippen molar-refractivity contribution in [2.24, 2.45) is 5.10 Å². The van der Waals surface area contributed by atoms with Gasteiger partial charge in [-0.2, -0.15) is 5.10 Å². The van der Waals surface area contributed by atoms with Gasteiger partial charge < -0.3 is 14.5 Å². The van der Waals surface area contributed by atoms with Crippen molar-refractivity contribution < 1.29 is 23.5 Å². The van der Waals surface area contributed by atoms with E-state index in [4.69, 9.17) is 20.8 Å². The summed E-state index contributed by atoms with van der Waals surface area (Å²) in [5.41, 5.74) is 3.99. The van der Waals surface area contributed by atoms with E-state index >= 15 is 0 Å². The van der Waals surface area contributed by atoms with Gasteiger partial charge >= 0.3 is 17.8 Å². The minimum absolute atomic E-state index is 0.0922. The molecule has 0 saturated heterocycles. The molecule has 9 heteroatoms. The van der Waals surface area contributed by atoms with Gasteiger partial charge in [0.1, 0.15) is 5.75 Å². The molecule has 0 aliphatic heterocycles. The molecule has 1 aromatic heterocycles. The van der Waals surface area contributed by atoms with Crippen molar-refractivity contribution in [3.8, 4) is 5.75 Å². The second kappa shape index (κ2) is 9.53. The van der Waals surface area contributed by atoms with E-state index in [0.29, 0.717) is 22.0 Å². The number of amides is 2. The summed E-state index contributed by atoms with van der Waals surface area (Å²) in [6.45, 7) is 1.82. The highest BCUT2D eigenvalue weighted by Crippen LogP contribution is 2.19. The molecular weight excluding hydrogens is 410 g/mol. The Labute approximate surface area is 176 Å². The third-order valence-electron chi connectivity index (χ3n) is 3.83. The topological polar surface area (TPSA) is 110 Å². The molecule has 3 rings (SSSR count). The summed E-state index contributed by atoms with van der Waals surface area (Å²) in [6.07, 6.45) is 2.71. The Kier molecular flexibility index (Phi) is 6.61. The van der Waals surface area contributed by atoms with E-state index in [1.807, 2.05) is 6.92 Å². The van der Waals surface area contributed by atoms with E-state index in [1.54, 1.807) is 48.5 Å². The number of nitrogens with one attached hydrogen (secondary N) is 2. The number of esters is 1. The molecule has 0 unspecified atom stereocenters. The van der Waals surface area contributed by atoms with Crippen molar-refractivity contribution in [2.45, 2.75) is 6.92 Å². The highest BCUT2D eigenvalue weighted by Gasteiger charge is 2.13. The average Bonchev–Trinajstić information content (AvgIpc) is 3.27. The van der Waals surface area contributed by atoms with Crippen LogP contribution in [0.1, 0.15) is 21.7 Å². The van der Waals surface area contributed by atoms with Crippen molar-refractivity contribution in [1.82, 2.24) is 5.43 Å². The van der Waals surface area contributed by atoms with Gasteiger partial charge in [-0.1, -0.05) is 17.7 Å². The molecule has 0 spiro atoms. The molecule has 0 radical (unpaired) electrons. The lowest BCUT2D eigenvalue weighted by Gasteiger charge is -2.05. The zero-order chi connectivity index (χ0) is 21.5. The van der Waals surface area contributed by atoms with Crippen molar-refractivity contribution in [1.29, 1.82) is 0 Å². The van der Waals surface area contributed by atoms with Crippen LogP contribution in [0.25, 0.3) is 0 Å². The number of aryl methyl sites for hydroxylation is 1. The Bertz CT molecular complexity index is 1090. The van der Waals surface area contributed by atoms with Crippen LogP contribution in [0.5, 0.6) is 5.75 Å². The summed E-state index contributed by atoms with van der Waals surface area (Å²) in [6, 6.07) is 14.3. The first-order chi connectivity index (χ1) is 14.4. The SMILES string of the molecule is Cc1ccc(NC(=O)C(=O)N/N=C/c2ccc(OC(=O)c3ccco3)cc2)cc1Cl. The third-order valence-corrected chi connectivity index (χ3v) is 4.24. The summed E-state index contributed by atoms with van der Waals surface area (Å²) in [7, 11) is 0. The van der Waals surface area contributed by atoms with E-state index < -0.39 is 17.8 Å². The van der Waals surface area contributed by atoms with E-state index in [2.05, 4.69) is 15.8 Å². The summed E-state index contributed by atoms with van der Waals surface area (Å²) in [5, 5.41) is 6.64. The minimum Gasteiger partial charge on any atom is -0.457 e. The normalized spacial score (nSPS) is 10.6. The number of nitrogens with zero attached hydrogens (tertiary/aromatic N) is 1. The molecule has 30 heavy (non-hydrogen) atoms. The number of hydrogen-bond donors (Lipinski definition) is 2. The number of rotatable bonds is 5. The smallest absolute Gasteiger partial charge is 0.379 e. The van der Waals surface area contributed by atoms with Crippen LogP contribution in [-0.4, -0.2) is 24.0 Å². The van der Waals surface area contributed by atoms with Gasteiger partial charge in [-0.15, -0.1) is 0 Å². The van der Waals surface area contributed by atoms with E-state index in [-0.39, 0.29) is 5.76 Å². The molecule has 0 saturated carbocycles. The lowest BCUT2D eigenvalue weighted by atomic mass is 10.2. The van der Waals surface area contributed by atoms with Crippen LogP contribution in [-0.2, 0) is 9.59 Å². The Morgan fingerprint density at radius 1 is 1.07 bits per heavy atom. The molecule has 1 heterocycles. The lowest BCUT2D eigenvalue weighted by molar-refractivity contribution is -0.136. The van der Waals surface area contributed by atoms with Crippen LogP contribution < -0.4 is 15.5 Å². The molecule has 8 nitrogen and oxygen atoms in total. The summed E-state index contributed by atoms with van der Waals surface area (Å²) < 4.78 is 10.1. The number of hydrazone groups is 1. The predicted octanol–water partition coefficient (Wildman–Crippen LogP) is 3.55. The fourth-order valence-electron chi connectivity index (χ4n) is 2.25. The van der Waals surface area contributed by atoms with Gasteiger partial charge in [0.15, 0.2) is 0 Å². The Balaban J connectivity index is 1.50. The fraction of sp³-hybridized carbons (Fsp3) is 0.0476. The number of furan rings is 1. The standard InChI is InChI=1S/C21H16ClN3O5/c1-13-4-7-15(11-17(13)22)24-19(26)20(27)25-23-12-14-5-8-16(9-6-14)30-21(28)18-3-2-10-29-18/h2-12H,1H3,(H,24,26)(H,25,27)/b23-12+. The molecule has 2 amide bonds. The Morgan fingerprint density at radius 3 is 2.50 bits per heavy atom. The van der Waals surface area contributed by atoms with Crippen molar-refractivity contribution in [3.05, 3.63) is 82.8 Å². The monoisotopic (exact) mass is 425 g/mol. The van der Waals surface area contributed by atoms with Crippen LogP contribution in [0.15, 0.2) is 70.4 Å². The van der Waals surface area contributed by atoms with Crippen LogP contribution >= 0.6 is 11.6 Å². The van der Waals surface area contributed by atoms with Crippen LogP contribution in [0.2, 0.25) is 5.02 Å². The maximum absolute atomic E-state index is 11.9. The quantitative estimate of drug-likeness (QED) is 0.213. The number of carbonyl (C=O) groups is 3. The first kappa shape index (κ1) is 20.8. The number of halogens is 1. The first-order valence-electron chi connectivity index (χ1n) is 8.68. The molecular formula is C21H16ClN3O5. The summed E-state index contributed by atoms with van der Waals surface area (Å²) >= 11 is 5.99. The molecule has 0 atom stereocenters. The number of ether oxygens (including phenoxy) is 1. The largest absolute Gasteiger partial charge is 0.457 e. The van der Waals surface area contributed by atoms with Gasteiger partial charge in [0.25, 0.3) is 0 Å². The molecule has 0 fully saturated rings. The fourth-order valence-corrected chi connectivity index (χ4v) is 2.43. The number of hydrogen-bond acceptors (Lipinski definition) is 6. The van der Waals surface area contributed by atoms with E-state index in [0.717, 1.165) is 5.56 Å². The van der Waals surface area contributed by atoms with Gasteiger partial charge in [0, 0.05) is 10.7 Å². The van der Waals surface area contributed by atoms with Crippen LogP contribution in [0, 0.1) is 6.92 Å². The average molecular weight is 426 g/mol. The van der Waals surface area contributed by atoms with E-state index in [9.17, 15) is 14.4 Å². The van der Waals surface area contributed by atoms with Crippen LogP contribution in [0.3, 0.4) is 0 Å². The summed E-state index contributed by atoms with van der Waals surface area (Å²) in [5.74, 6) is -2.03. The molecule has 0 aliphatic rings. The number of anilines is 1. The Hall–Kier alpha value is -3.91. The zero-order valence-corrected chi connectivity index (χ0v) is 16.5. The second-order valence-electron chi connectivity index (χ2n) is 6.05. The minimum atomic E-state index is -0.938. The predicted molar refractivity (Wildman–Crippen MR) is 111 cm³/mol. The van der Waals surface area contributed by atoms with Crippen molar-refractivity contribution in [2.75, 3.05) is 5.32 Å². The molecule has 0 bridgehead atoms. The summed E-state index contributed by atoms with van der Waals surface area (Å²) in [4.78, 5) is 35.5. The van der Waals surface area contributed by atoms with Crippen LogP contribution in [0.4, 0.5) is 5.69 Å².